The van der Waals surface area contributed by atoms with Gasteiger partial charge in [0.1, 0.15) is 0 Å². The molecule has 1 atom stereocenters. The summed E-state index contributed by atoms with van der Waals surface area (Å²) < 4.78 is 6.79. The van der Waals surface area contributed by atoms with Crippen LogP contribution in [0.25, 0.3) is 0 Å². The van der Waals surface area contributed by atoms with Gasteiger partial charge in [-0.2, -0.15) is 0 Å². The van der Waals surface area contributed by atoms with Crippen LogP contribution in [0.1, 0.15) is 78.2 Å². The number of methoxy groups -OCH3 is 1. The van der Waals surface area contributed by atoms with Crippen molar-refractivity contribution in [1.82, 2.24) is 9.78 Å². The highest BCUT2D eigenvalue weighted by Gasteiger charge is 2.32. The summed E-state index contributed by atoms with van der Waals surface area (Å²) in [5.74, 6) is 0.411. The molecule has 2 aliphatic rings. The number of hydrogen-bond acceptors (Lipinski definition) is 5. The Balaban J connectivity index is 1.73. The first kappa shape index (κ1) is 19.1. The highest BCUT2D eigenvalue weighted by Crippen LogP contribution is 2.45. The minimum Gasteiger partial charge on any atom is -0.465 e. The lowest BCUT2D eigenvalue weighted by atomic mass is 10.0. The van der Waals surface area contributed by atoms with Crippen LogP contribution in [-0.2, 0) is 4.74 Å². The highest BCUT2D eigenvalue weighted by molar-refractivity contribution is 8.14. The number of benzene rings is 1. The van der Waals surface area contributed by atoms with Crippen molar-refractivity contribution in [3.05, 3.63) is 51.3 Å². The quantitative estimate of drug-likeness (QED) is 0.597. The van der Waals surface area contributed by atoms with Crippen LogP contribution in [0.2, 0.25) is 0 Å². The number of thioether (sulfide) groups is 1. The zero-order valence-corrected chi connectivity index (χ0v) is 17.1. The normalized spacial score (nSPS) is 20.2. The van der Waals surface area contributed by atoms with Gasteiger partial charge in [0.05, 0.1) is 34.6 Å². The van der Waals surface area contributed by atoms with Crippen molar-refractivity contribution in [2.45, 2.75) is 56.7 Å². The predicted molar refractivity (Wildman–Crippen MR) is 112 cm³/mol. The molecule has 6 nitrogen and oxygen atoms in total. The van der Waals surface area contributed by atoms with Gasteiger partial charge >= 0.3 is 5.97 Å². The summed E-state index contributed by atoms with van der Waals surface area (Å²) in [4.78, 5) is 29.3. The molecule has 1 N–H and O–H groups in total. The van der Waals surface area contributed by atoms with Crippen molar-refractivity contribution in [2.75, 3.05) is 7.11 Å². The fraction of sp³-hybridized carbons (Fsp3) is 0.476. The Bertz CT molecular complexity index is 950. The number of carbonyl (C=O) groups is 1. The van der Waals surface area contributed by atoms with Gasteiger partial charge in [0.2, 0.25) is 0 Å². The molecule has 1 aromatic heterocycles. The van der Waals surface area contributed by atoms with E-state index in [4.69, 9.17) is 9.73 Å². The van der Waals surface area contributed by atoms with E-state index in [1.165, 1.54) is 32.8 Å². The van der Waals surface area contributed by atoms with E-state index < -0.39 is 0 Å². The van der Waals surface area contributed by atoms with Crippen LogP contribution in [0.4, 0.5) is 5.82 Å². The molecule has 0 saturated heterocycles. The molecule has 0 amide bonds. The zero-order valence-electron chi connectivity index (χ0n) is 16.2. The third-order valence-corrected chi connectivity index (χ3v) is 6.75. The van der Waals surface area contributed by atoms with Gasteiger partial charge in [-0.15, -0.1) is 0 Å². The number of rotatable bonds is 3. The molecule has 1 aliphatic heterocycles. The van der Waals surface area contributed by atoms with Gasteiger partial charge in [0.15, 0.2) is 5.82 Å². The number of fused-ring (bicyclic) bond motifs is 1. The fourth-order valence-electron chi connectivity index (χ4n) is 4.14. The van der Waals surface area contributed by atoms with Crippen molar-refractivity contribution in [3.63, 3.8) is 0 Å². The summed E-state index contributed by atoms with van der Waals surface area (Å²) in [5, 5.41) is 3.89. The third kappa shape index (κ3) is 3.55. The molecule has 7 heteroatoms. The molecule has 1 saturated carbocycles. The fourth-order valence-corrected chi connectivity index (χ4v) is 5.24. The average molecular weight is 400 g/mol. The lowest BCUT2D eigenvalue weighted by Crippen LogP contribution is -2.14. The number of aromatic nitrogens is 2. The SMILES string of the molecule is COC(=O)c1ccc([C@H]2SC(C)=Nc3c2c(=O)[nH]n3C2CCCCCC2)cc1. The highest BCUT2D eigenvalue weighted by atomic mass is 32.2. The number of H-pyrrole nitrogens is 1. The second kappa shape index (κ2) is 7.99. The van der Waals surface area contributed by atoms with Gasteiger partial charge in [0.25, 0.3) is 5.56 Å². The number of esters is 1. The maximum atomic E-state index is 12.9. The predicted octanol–water partition coefficient (Wildman–Crippen LogP) is 4.74. The van der Waals surface area contributed by atoms with E-state index in [2.05, 4.69) is 5.10 Å². The largest absolute Gasteiger partial charge is 0.465 e. The number of carbonyl (C=O) groups excluding carboxylic acids is 1. The maximum absolute atomic E-state index is 12.9. The molecular weight excluding hydrogens is 374 g/mol. The van der Waals surface area contributed by atoms with E-state index in [0.717, 1.165) is 29.3 Å². The van der Waals surface area contributed by atoms with Crippen molar-refractivity contribution in [3.8, 4) is 0 Å². The minimum atomic E-state index is -0.362. The topological polar surface area (TPSA) is 76.4 Å². The van der Waals surface area contributed by atoms with Crippen LogP contribution >= 0.6 is 11.8 Å². The summed E-state index contributed by atoms with van der Waals surface area (Å²) in [6.45, 7) is 1.98. The van der Waals surface area contributed by atoms with Crippen molar-refractivity contribution >= 4 is 28.6 Å². The van der Waals surface area contributed by atoms with E-state index in [9.17, 15) is 9.59 Å². The van der Waals surface area contributed by atoms with E-state index in [0.29, 0.717) is 17.2 Å². The third-order valence-electron chi connectivity index (χ3n) is 5.57. The minimum absolute atomic E-state index is 0.0648. The number of nitrogens with one attached hydrogen (secondary N) is 1. The van der Waals surface area contributed by atoms with Crippen LogP contribution < -0.4 is 5.56 Å². The lowest BCUT2D eigenvalue weighted by molar-refractivity contribution is 0.0600. The molecule has 1 fully saturated rings. The van der Waals surface area contributed by atoms with E-state index in [-0.39, 0.29) is 16.8 Å². The van der Waals surface area contributed by atoms with Crippen LogP contribution in [0, 0.1) is 0 Å². The van der Waals surface area contributed by atoms with Crippen LogP contribution in [0.15, 0.2) is 34.1 Å². The number of hydrogen-bond donors (Lipinski definition) is 1. The van der Waals surface area contributed by atoms with Gasteiger partial charge in [-0.25, -0.2) is 9.79 Å². The zero-order chi connectivity index (χ0) is 19.7. The number of nitrogens with zero attached hydrogens (tertiary/aromatic N) is 2. The molecule has 0 unspecified atom stereocenters. The van der Waals surface area contributed by atoms with Crippen LogP contribution in [0.5, 0.6) is 0 Å². The first-order chi connectivity index (χ1) is 13.6. The van der Waals surface area contributed by atoms with Gasteiger partial charge in [-0.1, -0.05) is 49.6 Å². The standard InChI is InChI=1S/C21H25N3O3S/c1-13-22-19-17(20(25)23-24(19)16-7-5-3-4-6-8-16)18(28-13)14-9-11-15(12-10-14)21(26)27-2/h9-12,16,18H,3-8H2,1-2H3,(H,23,25)/t18-/m1/s1. The Kier molecular flexibility index (Phi) is 5.44. The Labute approximate surface area is 168 Å². The maximum Gasteiger partial charge on any atom is 0.337 e. The van der Waals surface area contributed by atoms with Gasteiger partial charge in [-0.05, 0) is 37.5 Å². The van der Waals surface area contributed by atoms with Crippen LogP contribution in [-0.4, -0.2) is 27.9 Å². The van der Waals surface area contributed by atoms with Gasteiger partial charge in [0, 0.05) is 0 Å². The molecule has 2 heterocycles. The number of aromatic amines is 1. The Morgan fingerprint density at radius 1 is 1.18 bits per heavy atom. The van der Waals surface area contributed by atoms with Crippen molar-refractivity contribution in [2.24, 2.45) is 4.99 Å². The van der Waals surface area contributed by atoms with E-state index in [1.54, 1.807) is 23.9 Å². The van der Waals surface area contributed by atoms with E-state index in [1.807, 2.05) is 23.7 Å². The first-order valence-electron chi connectivity index (χ1n) is 9.83. The van der Waals surface area contributed by atoms with Crippen molar-refractivity contribution in [1.29, 1.82) is 0 Å². The molecule has 28 heavy (non-hydrogen) atoms. The summed E-state index contributed by atoms with van der Waals surface area (Å²) in [6, 6.07) is 7.60. The van der Waals surface area contributed by atoms with Gasteiger partial charge < -0.3 is 4.74 Å². The first-order valence-corrected chi connectivity index (χ1v) is 10.7. The molecule has 1 aromatic carbocycles. The lowest BCUT2D eigenvalue weighted by Gasteiger charge is -2.23. The molecule has 4 rings (SSSR count). The Morgan fingerprint density at radius 2 is 1.86 bits per heavy atom. The van der Waals surface area contributed by atoms with Crippen LogP contribution in [0.3, 0.4) is 0 Å². The smallest absolute Gasteiger partial charge is 0.337 e. The Morgan fingerprint density at radius 3 is 2.50 bits per heavy atom. The molecule has 0 spiro atoms. The summed E-state index contributed by atoms with van der Waals surface area (Å²) >= 11 is 1.58. The average Bonchev–Trinajstić information content (AvgIpc) is 2.89. The summed E-state index contributed by atoms with van der Waals surface area (Å²) in [6.07, 6.45) is 7.06. The monoisotopic (exact) mass is 399 g/mol. The van der Waals surface area contributed by atoms with Crippen molar-refractivity contribution < 1.29 is 9.53 Å². The second-order valence-electron chi connectivity index (χ2n) is 7.44. The van der Waals surface area contributed by atoms with Gasteiger partial charge in [-0.3, -0.25) is 14.6 Å². The molecule has 148 valence electrons. The number of aliphatic imine (C=N–C) groups is 1. The second-order valence-corrected chi connectivity index (χ2v) is 8.73. The molecule has 0 bridgehead atoms. The number of ether oxygens (including phenoxy) is 1. The molecule has 0 radical (unpaired) electrons. The Hall–Kier alpha value is -2.28. The van der Waals surface area contributed by atoms with E-state index >= 15 is 0 Å². The molecule has 1 aliphatic carbocycles. The molecular formula is C21H25N3O3S. The summed E-state index contributed by atoms with van der Waals surface area (Å²) in [7, 11) is 1.37. The molecule has 2 aromatic rings. The summed E-state index contributed by atoms with van der Waals surface area (Å²) in [5.41, 5.74) is 2.13.